The topological polar surface area (TPSA) is 76.5 Å². The first kappa shape index (κ1) is 21.9. The molecule has 0 radical (unpaired) electrons. The quantitative estimate of drug-likeness (QED) is 0.758. The summed E-state index contributed by atoms with van der Waals surface area (Å²) in [6, 6.07) is 6.69. The molecule has 1 aliphatic rings. The molecule has 1 fully saturated rings. The van der Waals surface area contributed by atoms with E-state index in [4.69, 9.17) is 4.74 Å². The molecule has 2 amide bonds. The summed E-state index contributed by atoms with van der Waals surface area (Å²) in [5.74, 6) is 0.163. The molecule has 7 nitrogen and oxygen atoms in total. The van der Waals surface area contributed by atoms with Gasteiger partial charge in [0.25, 0.3) is 5.91 Å². The number of ether oxygens (including phenoxy) is 1. The first-order chi connectivity index (χ1) is 14.4. The van der Waals surface area contributed by atoms with Crippen molar-refractivity contribution in [3.63, 3.8) is 0 Å². The largest absolute Gasteiger partial charge is 0.493 e. The molecule has 1 N–H and O–H groups in total. The Morgan fingerprint density at radius 1 is 1.30 bits per heavy atom. The third-order valence-corrected chi connectivity index (χ3v) is 5.46. The zero-order valence-corrected chi connectivity index (χ0v) is 18.3. The van der Waals surface area contributed by atoms with E-state index in [0.717, 1.165) is 18.4 Å². The van der Waals surface area contributed by atoms with Gasteiger partial charge in [0, 0.05) is 19.3 Å². The number of piperidine rings is 1. The van der Waals surface area contributed by atoms with Gasteiger partial charge in [-0.25, -0.2) is 0 Å². The molecule has 162 valence electrons. The van der Waals surface area contributed by atoms with Crippen LogP contribution in [0.2, 0.25) is 0 Å². The van der Waals surface area contributed by atoms with Gasteiger partial charge in [0.1, 0.15) is 11.8 Å². The van der Waals surface area contributed by atoms with Gasteiger partial charge in [0.2, 0.25) is 5.91 Å². The molecule has 0 aliphatic carbocycles. The van der Waals surface area contributed by atoms with E-state index in [1.54, 1.807) is 18.2 Å². The number of carbonyl (C=O) groups excluding carboxylic acids is 2. The highest BCUT2D eigenvalue weighted by Crippen LogP contribution is 2.23. The molecular formula is C23H32N4O3. The van der Waals surface area contributed by atoms with E-state index in [2.05, 4.69) is 10.4 Å². The molecule has 1 aromatic heterocycles. The molecule has 0 bridgehead atoms. The average Bonchev–Trinajstić information content (AvgIpc) is 3.18. The van der Waals surface area contributed by atoms with Crippen LogP contribution in [0.25, 0.3) is 0 Å². The van der Waals surface area contributed by atoms with Gasteiger partial charge in [0.05, 0.1) is 24.4 Å². The number of rotatable bonds is 7. The van der Waals surface area contributed by atoms with Gasteiger partial charge in [-0.2, -0.15) is 5.10 Å². The zero-order chi connectivity index (χ0) is 21.7. The number of nitrogens with one attached hydrogen (secondary N) is 1. The lowest BCUT2D eigenvalue weighted by molar-refractivity contribution is -0.136. The summed E-state index contributed by atoms with van der Waals surface area (Å²) >= 11 is 0. The van der Waals surface area contributed by atoms with Crippen molar-refractivity contribution in [2.75, 3.05) is 19.7 Å². The molecule has 2 atom stereocenters. The molecule has 30 heavy (non-hydrogen) atoms. The van der Waals surface area contributed by atoms with Crippen LogP contribution in [0.3, 0.4) is 0 Å². The average molecular weight is 413 g/mol. The molecule has 1 saturated heterocycles. The number of hydrogen-bond acceptors (Lipinski definition) is 4. The first-order valence-electron chi connectivity index (χ1n) is 10.7. The summed E-state index contributed by atoms with van der Waals surface area (Å²) in [4.78, 5) is 28.2. The molecule has 7 heteroatoms. The summed E-state index contributed by atoms with van der Waals surface area (Å²) in [5.41, 5.74) is 1.56. The van der Waals surface area contributed by atoms with Gasteiger partial charge >= 0.3 is 0 Å². The number of hydrogen-bond donors (Lipinski definition) is 1. The second kappa shape index (κ2) is 9.78. The van der Waals surface area contributed by atoms with Crippen molar-refractivity contribution in [1.82, 2.24) is 20.0 Å². The first-order valence-corrected chi connectivity index (χ1v) is 10.7. The second-order valence-corrected chi connectivity index (χ2v) is 8.20. The second-order valence-electron chi connectivity index (χ2n) is 8.20. The van der Waals surface area contributed by atoms with Gasteiger partial charge in [-0.3, -0.25) is 14.3 Å². The maximum absolute atomic E-state index is 13.3. The van der Waals surface area contributed by atoms with E-state index in [0.29, 0.717) is 31.0 Å². The fraction of sp³-hybridized carbons (Fsp3) is 0.522. The lowest BCUT2D eigenvalue weighted by Gasteiger charge is -2.36. The number of aromatic nitrogens is 2. The van der Waals surface area contributed by atoms with E-state index in [1.807, 2.05) is 55.7 Å². The van der Waals surface area contributed by atoms with Gasteiger partial charge in [-0.15, -0.1) is 0 Å². The lowest BCUT2D eigenvalue weighted by atomic mass is 9.99. The van der Waals surface area contributed by atoms with Gasteiger partial charge in [0.15, 0.2) is 0 Å². The van der Waals surface area contributed by atoms with Crippen LogP contribution in [0.15, 0.2) is 36.7 Å². The van der Waals surface area contributed by atoms with E-state index in [-0.39, 0.29) is 23.8 Å². The number of benzene rings is 1. The van der Waals surface area contributed by atoms with Crippen LogP contribution in [0.1, 0.15) is 55.6 Å². The normalized spacial score (nSPS) is 17.6. The van der Waals surface area contributed by atoms with Crippen LogP contribution in [0.4, 0.5) is 0 Å². The molecule has 2 heterocycles. The highest BCUT2D eigenvalue weighted by molar-refractivity contribution is 5.99. The third-order valence-electron chi connectivity index (χ3n) is 5.46. The summed E-state index contributed by atoms with van der Waals surface area (Å²) in [7, 11) is 0. The fourth-order valence-corrected chi connectivity index (χ4v) is 3.87. The smallest absolute Gasteiger partial charge is 0.255 e. The summed E-state index contributed by atoms with van der Waals surface area (Å²) in [6.45, 7) is 9.57. The zero-order valence-electron chi connectivity index (χ0n) is 18.3. The van der Waals surface area contributed by atoms with Crippen molar-refractivity contribution in [2.24, 2.45) is 5.92 Å². The maximum Gasteiger partial charge on any atom is 0.255 e. The van der Waals surface area contributed by atoms with Crippen molar-refractivity contribution in [1.29, 1.82) is 0 Å². The summed E-state index contributed by atoms with van der Waals surface area (Å²) in [5, 5.41) is 7.38. The fourth-order valence-electron chi connectivity index (χ4n) is 3.87. The standard InChI is InChI=1S/C23H32N4O3/c1-5-30-20-11-7-6-10-19(20)22(28)25-21(16(2)3)23(29)26-12-8-9-18(15-26)27-14-17(4)13-24-27/h6-7,10-11,13-14,16,18,21H,5,8-9,12,15H2,1-4H3,(H,25,28). The molecule has 2 aromatic rings. The molecule has 1 aliphatic heterocycles. The van der Waals surface area contributed by atoms with Gasteiger partial charge in [-0.1, -0.05) is 26.0 Å². The van der Waals surface area contributed by atoms with Crippen molar-refractivity contribution in [2.45, 2.75) is 52.6 Å². The van der Waals surface area contributed by atoms with E-state index in [9.17, 15) is 9.59 Å². The summed E-state index contributed by atoms with van der Waals surface area (Å²) in [6.07, 6.45) is 5.77. The van der Waals surface area contributed by atoms with Crippen LogP contribution in [-0.2, 0) is 4.79 Å². The minimum Gasteiger partial charge on any atom is -0.493 e. The van der Waals surface area contributed by atoms with E-state index < -0.39 is 6.04 Å². The Labute approximate surface area is 178 Å². The Kier molecular flexibility index (Phi) is 7.13. The number of amides is 2. The SMILES string of the molecule is CCOc1ccccc1C(=O)NC(C(=O)N1CCCC(n2cc(C)cn2)C1)C(C)C. The number of carbonyl (C=O) groups is 2. The number of para-hydroxylation sites is 1. The van der Waals surface area contributed by atoms with Crippen LogP contribution in [0.5, 0.6) is 5.75 Å². The van der Waals surface area contributed by atoms with E-state index >= 15 is 0 Å². The Morgan fingerprint density at radius 2 is 2.07 bits per heavy atom. The minimum atomic E-state index is -0.592. The van der Waals surface area contributed by atoms with Crippen molar-refractivity contribution in [3.8, 4) is 5.75 Å². The predicted molar refractivity (Wildman–Crippen MR) is 116 cm³/mol. The van der Waals surface area contributed by atoms with Crippen molar-refractivity contribution in [3.05, 3.63) is 47.8 Å². The number of likely N-dealkylation sites (tertiary alicyclic amines) is 1. The maximum atomic E-state index is 13.3. The Balaban J connectivity index is 1.72. The molecule has 2 unspecified atom stereocenters. The Morgan fingerprint density at radius 3 is 2.73 bits per heavy atom. The van der Waals surface area contributed by atoms with Crippen molar-refractivity contribution < 1.29 is 14.3 Å². The third kappa shape index (κ3) is 5.01. The van der Waals surface area contributed by atoms with Crippen molar-refractivity contribution >= 4 is 11.8 Å². The van der Waals surface area contributed by atoms with Gasteiger partial charge in [-0.05, 0) is 50.3 Å². The molecule has 0 spiro atoms. The van der Waals surface area contributed by atoms with Crippen LogP contribution in [0, 0.1) is 12.8 Å². The summed E-state index contributed by atoms with van der Waals surface area (Å²) < 4.78 is 7.53. The van der Waals surface area contributed by atoms with Crippen LogP contribution >= 0.6 is 0 Å². The number of nitrogens with zero attached hydrogens (tertiary/aromatic N) is 3. The molecular weight excluding hydrogens is 380 g/mol. The minimum absolute atomic E-state index is 0.0342. The lowest BCUT2D eigenvalue weighted by Crippen LogP contribution is -2.53. The molecule has 1 aromatic carbocycles. The van der Waals surface area contributed by atoms with Gasteiger partial charge < -0.3 is 15.0 Å². The van der Waals surface area contributed by atoms with E-state index in [1.165, 1.54) is 0 Å². The Hall–Kier alpha value is -2.83. The number of aryl methyl sites for hydroxylation is 1. The molecule has 0 saturated carbocycles. The highest BCUT2D eigenvalue weighted by Gasteiger charge is 2.33. The van der Waals surface area contributed by atoms with Crippen LogP contribution < -0.4 is 10.1 Å². The molecule has 3 rings (SSSR count). The van der Waals surface area contributed by atoms with Crippen LogP contribution in [-0.4, -0.2) is 52.2 Å². The Bertz CT molecular complexity index is 877. The predicted octanol–water partition coefficient (Wildman–Crippen LogP) is 3.21. The highest BCUT2D eigenvalue weighted by atomic mass is 16.5. The monoisotopic (exact) mass is 412 g/mol.